The Labute approximate surface area is 170 Å². The van der Waals surface area contributed by atoms with E-state index in [0.717, 1.165) is 9.37 Å². The second-order valence-corrected chi connectivity index (χ2v) is 7.36. The van der Waals surface area contributed by atoms with Gasteiger partial charge < -0.3 is 14.8 Å². The Morgan fingerprint density at radius 1 is 1.07 bits per heavy atom. The van der Waals surface area contributed by atoms with Gasteiger partial charge in [0.2, 0.25) is 0 Å². The van der Waals surface area contributed by atoms with E-state index >= 15 is 0 Å². The Bertz CT molecular complexity index is 944. The summed E-state index contributed by atoms with van der Waals surface area (Å²) in [4.78, 5) is 38.9. The van der Waals surface area contributed by atoms with Gasteiger partial charge >= 0.3 is 6.03 Å². The van der Waals surface area contributed by atoms with Crippen molar-refractivity contribution >= 4 is 33.7 Å². The van der Waals surface area contributed by atoms with Gasteiger partial charge in [0.1, 0.15) is 5.54 Å². The first kappa shape index (κ1) is 19.9. The number of ketones is 1. The molecule has 2 aromatic carbocycles. The maximum absolute atomic E-state index is 13.0. The fourth-order valence-corrected chi connectivity index (χ4v) is 3.32. The molecule has 28 heavy (non-hydrogen) atoms. The zero-order chi connectivity index (χ0) is 20.5. The number of hydrogen-bond donors (Lipinski definition) is 1. The van der Waals surface area contributed by atoms with Gasteiger partial charge in [0.05, 0.1) is 20.8 Å². The maximum Gasteiger partial charge on any atom is 0.325 e. The van der Waals surface area contributed by atoms with Crippen molar-refractivity contribution in [2.45, 2.75) is 12.5 Å². The second-order valence-electron chi connectivity index (χ2n) is 6.45. The molecule has 1 atom stereocenters. The van der Waals surface area contributed by atoms with E-state index in [0.29, 0.717) is 22.6 Å². The van der Waals surface area contributed by atoms with Crippen LogP contribution in [0, 0.1) is 0 Å². The fraction of sp³-hybridized carbons (Fsp3) is 0.250. The SMILES string of the molecule is COc1ccc(C2(C)NC(=O)N(CC(=O)c3ccc(Br)cc3)C2=O)cc1OC. The van der Waals surface area contributed by atoms with Crippen molar-refractivity contribution in [3.63, 3.8) is 0 Å². The topological polar surface area (TPSA) is 84.9 Å². The van der Waals surface area contributed by atoms with E-state index in [1.54, 1.807) is 49.4 Å². The molecule has 3 amide bonds. The van der Waals surface area contributed by atoms with Crippen LogP contribution in [-0.4, -0.2) is 43.4 Å². The van der Waals surface area contributed by atoms with E-state index < -0.39 is 17.5 Å². The lowest BCUT2D eigenvalue weighted by molar-refractivity contribution is -0.130. The van der Waals surface area contributed by atoms with Crippen LogP contribution in [0.15, 0.2) is 46.9 Å². The molecule has 0 saturated carbocycles. The summed E-state index contributed by atoms with van der Waals surface area (Å²) in [6.45, 7) is 1.26. The highest BCUT2D eigenvalue weighted by atomic mass is 79.9. The number of carbonyl (C=O) groups is 3. The van der Waals surface area contributed by atoms with Gasteiger partial charge in [-0.3, -0.25) is 14.5 Å². The van der Waals surface area contributed by atoms with E-state index in [-0.39, 0.29) is 12.3 Å². The zero-order valence-corrected chi connectivity index (χ0v) is 17.2. The van der Waals surface area contributed by atoms with Crippen molar-refractivity contribution in [1.82, 2.24) is 10.2 Å². The molecule has 0 aromatic heterocycles. The van der Waals surface area contributed by atoms with Crippen LogP contribution >= 0.6 is 15.9 Å². The number of ether oxygens (including phenoxy) is 2. The molecule has 2 aromatic rings. The monoisotopic (exact) mass is 446 g/mol. The Kier molecular flexibility index (Phi) is 5.42. The molecule has 1 heterocycles. The summed E-state index contributed by atoms with van der Waals surface area (Å²) in [6, 6.07) is 11.1. The van der Waals surface area contributed by atoms with Crippen molar-refractivity contribution in [3.05, 3.63) is 58.1 Å². The molecule has 0 spiro atoms. The molecule has 0 bridgehead atoms. The van der Waals surface area contributed by atoms with Crippen LogP contribution in [0.25, 0.3) is 0 Å². The van der Waals surface area contributed by atoms with Crippen LogP contribution in [0.2, 0.25) is 0 Å². The number of nitrogens with zero attached hydrogens (tertiary/aromatic N) is 1. The Balaban J connectivity index is 1.86. The van der Waals surface area contributed by atoms with Crippen LogP contribution in [-0.2, 0) is 10.3 Å². The predicted molar refractivity (Wildman–Crippen MR) is 106 cm³/mol. The van der Waals surface area contributed by atoms with Crippen molar-refractivity contribution in [2.24, 2.45) is 0 Å². The number of amides is 3. The van der Waals surface area contributed by atoms with Crippen molar-refractivity contribution in [2.75, 3.05) is 20.8 Å². The second kappa shape index (κ2) is 7.63. The minimum absolute atomic E-state index is 0.326. The molecule has 1 aliphatic rings. The van der Waals surface area contributed by atoms with Crippen LogP contribution < -0.4 is 14.8 Å². The first-order valence-electron chi connectivity index (χ1n) is 8.45. The van der Waals surface area contributed by atoms with Crippen LogP contribution in [0.3, 0.4) is 0 Å². The van der Waals surface area contributed by atoms with Gasteiger partial charge in [0, 0.05) is 10.0 Å². The summed E-state index contributed by atoms with van der Waals surface area (Å²) < 4.78 is 11.3. The Morgan fingerprint density at radius 2 is 1.71 bits per heavy atom. The number of imide groups is 1. The van der Waals surface area contributed by atoms with E-state index in [2.05, 4.69) is 21.2 Å². The number of carbonyl (C=O) groups excluding carboxylic acids is 3. The highest BCUT2D eigenvalue weighted by Gasteiger charge is 2.49. The van der Waals surface area contributed by atoms with Gasteiger partial charge in [-0.2, -0.15) is 0 Å². The minimum Gasteiger partial charge on any atom is -0.493 e. The molecule has 1 fully saturated rings. The van der Waals surface area contributed by atoms with E-state index in [1.165, 1.54) is 14.2 Å². The normalized spacial score (nSPS) is 18.8. The van der Waals surface area contributed by atoms with E-state index in [4.69, 9.17) is 9.47 Å². The molecule has 1 N–H and O–H groups in total. The number of Topliss-reactive ketones (excluding diaryl/α,β-unsaturated/α-hetero) is 1. The first-order valence-corrected chi connectivity index (χ1v) is 9.25. The lowest BCUT2D eigenvalue weighted by Gasteiger charge is -2.23. The summed E-state index contributed by atoms with van der Waals surface area (Å²) in [7, 11) is 3.00. The molecule has 146 valence electrons. The third kappa shape index (κ3) is 3.47. The minimum atomic E-state index is -1.31. The molecule has 0 aliphatic carbocycles. The predicted octanol–water partition coefficient (Wildman–Crippen LogP) is 3.12. The van der Waals surface area contributed by atoms with E-state index in [9.17, 15) is 14.4 Å². The highest BCUT2D eigenvalue weighted by molar-refractivity contribution is 9.10. The lowest BCUT2D eigenvalue weighted by atomic mass is 9.91. The molecular formula is C20H19BrN2O5. The molecule has 7 nitrogen and oxygen atoms in total. The number of methoxy groups -OCH3 is 2. The maximum atomic E-state index is 13.0. The molecule has 8 heteroatoms. The number of rotatable bonds is 6. The average molecular weight is 447 g/mol. The van der Waals surface area contributed by atoms with Crippen molar-refractivity contribution in [1.29, 1.82) is 0 Å². The Morgan fingerprint density at radius 3 is 2.32 bits per heavy atom. The summed E-state index contributed by atoms with van der Waals surface area (Å²) in [5, 5.41) is 2.68. The van der Waals surface area contributed by atoms with Crippen LogP contribution in [0.5, 0.6) is 11.5 Å². The van der Waals surface area contributed by atoms with Crippen LogP contribution in [0.1, 0.15) is 22.8 Å². The largest absolute Gasteiger partial charge is 0.493 e. The van der Waals surface area contributed by atoms with Gasteiger partial charge in [0.25, 0.3) is 5.91 Å². The number of hydrogen-bond acceptors (Lipinski definition) is 5. The third-order valence-electron chi connectivity index (χ3n) is 4.70. The summed E-state index contributed by atoms with van der Waals surface area (Å²) >= 11 is 3.31. The molecule has 3 rings (SSSR count). The summed E-state index contributed by atoms with van der Waals surface area (Å²) in [6.07, 6.45) is 0. The standard InChI is InChI=1S/C20H19BrN2O5/c1-20(13-6-9-16(27-2)17(10-13)28-3)18(25)23(19(26)22-20)11-15(24)12-4-7-14(21)8-5-12/h4-10H,11H2,1-3H3,(H,22,26). The van der Waals surface area contributed by atoms with E-state index in [1.807, 2.05) is 0 Å². The lowest BCUT2D eigenvalue weighted by Crippen LogP contribution is -2.41. The van der Waals surface area contributed by atoms with Crippen molar-refractivity contribution in [3.8, 4) is 11.5 Å². The number of nitrogens with one attached hydrogen (secondary N) is 1. The van der Waals surface area contributed by atoms with Gasteiger partial charge in [-0.25, -0.2) is 4.79 Å². The number of urea groups is 1. The van der Waals surface area contributed by atoms with Gasteiger partial charge in [0.15, 0.2) is 17.3 Å². The van der Waals surface area contributed by atoms with Gasteiger partial charge in [-0.05, 0) is 36.8 Å². The van der Waals surface area contributed by atoms with Crippen LogP contribution in [0.4, 0.5) is 4.79 Å². The quantitative estimate of drug-likeness (QED) is 0.544. The zero-order valence-electron chi connectivity index (χ0n) is 15.6. The number of halogens is 1. The fourth-order valence-electron chi connectivity index (χ4n) is 3.05. The smallest absolute Gasteiger partial charge is 0.325 e. The molecule has 1 aliphatic heterocycles. The van der Waals surface area contributed by atoms with Crippen molar-refractivity contribution < 1.29 is 23.9 Å². The number of benzene rings is 2. The molecule has 1 saturated heterocycles. The summed E-state index contributed by atoms with van der Waals surface area (Å²) in [5.74, 6) is 0.115. The van der Waals surface area contributed by atoms with Gasteiger partial charge in [-0.15, -0.1) is 0 Å². The molecule has 0 radical (unpaired) electrons. The first-order chi connectivity index (χ1) is 13.3. The van der Waals surface area contributed by atoms with Gasteiger partial charge in [-0.1, -0.05) is 34.1 Å². The molecule has 1 unspecified atom stereocenters. The molecular weight excluding hydrogens is 428 g/mol. The average Bonchev–Trinajstić information content (AvgIpc) is 2.91. The summed E-state index contributed by atoms with van der Waals surface area (Å²) in [5.41, 5.74) is -0.359. The third-order valence-corrected chi connectivity index (χ3v) is 5.23. The highest BCUT2D eigenvalue weighted by Crippen LogP contribution is 2.35. The Hall–Kier alpha value is -2.87.